The van der Waals surface area contributed by atoms with Gasteiger partial charge in [0.15, 0.2) is 0 Å². The molecule has 0 fully saturated rings. The molecule has 0 aliphatic heterocycles. The Morgan fingerprint density at radius 2 is 1.51 bits per heavy atom. The van der Waals surface area contributed by atoms with Crippen LogP contribution in [0.4, 0.5) is 5.69 Å². The van der Waals surface area contributed by atoms with E-state index in [0.29, 0.717) is 5.69 Å². The van der Waals surface area contributed by atoms with Gasteiger partial charge in [-0.15, -0.1) is 0 Å². The van der Waals surface area contributed by atoms with Crippen LogP contribution in [0.15, 0.2) is 77.7 Å². The lowest BCUT2D eigenvalue weighted by atomic mass is 10.1. The van der Waals surface area contributed by atoms with Crippen molar-refractivity contribution in [2.24, 2.45) is 0 Å². The fourth-order valence-corrected chi connectivity index (χ4v) is 5.49. The smallest absolute Gasteiger partial charge is 0.264 e. The summed E-state index contributed by atoms with van der Waals surface area (Å²) in [6.45, 7) is 11.1. The summed E-state index contributed by atoms with van der Waals surface area (Å²) in [7, 11) is -4.07. The van der Waals surface area contributed by atoms with E-state index in [1.807, 2.05) is 65.0 Å². The molecule has 0 unspecified atom stereocenters. The standard InChI is InChI=1S/C31H39N3O4S/c1-7-25(5)32-31(36)26(6)33(20-27-16-13-22(2)14-17-27)30(35)21-34(28-18-15-23(3)24(4)19-28)39(37,38)29-11-9-8-10-12-29/h8-19,25-26H,7,20-21H2,1-6H3,(H,32,36)/t25-,26-/m1/s1. The number of carbonyl (C=O) groups excluding carboxylic acids is 2. The van der Waals surface area contributed by atoms with Gasteiger partial charge in [0.1, 0.15) is 12.6 Å². The highest BCUT2D eigenvalue weighted by Gasteiger charge is 2.32. The first-order valence-corrected chi connectivity index (χ1v) is 14.7. The summed E-state index contributed by atoms with van der Waals surface area (Å²) in [4.78, 5) is 28.6. The molecule has 3 rings (SSSR count). The first-order chi connectivity index (χ1) is 18.4. The summed E-state index contributed by atoms with van der Waals surface area (Å²) in [5, 5.41) is 2.95. The molecule has 0 saturated carbocycles. The Hall–Kier alpha value is -3.65. The number of carbonyl (C=O) groups is 2. The van der Waals surface area contributed by atoms with E-state index in [9.17, 15) is 18.0 Å². The monoisotopic (exact) mass is 549 g/mol. The van der Waals surface area contributed by atoms with Gasteiger partial charge in [-0.3, -0.25) is 13.9 Å². The Bertz CT molecular complexity index is 1390. The van der Waals surface area contributed by atoms with Gasteiger partial charge in [0.05, 0.1) is 10.6 Å². The lowest BCUT2D eigenvalue weighted by molar-refractivity contribution is -0.139. The molecule has 0 saturated heterocycles. The number of nitrogens with one attached hydrogen (secondary N) is 1. The van der Waals surface area contributed by atoms with Crippen LogP contribution in [0, 0.1) is 20.8 Å². The van der Waals surface area contributed by atoms with E-state index in [0.717, 1.165) is 33.0 Å². The van der Waals surface area contributed by atoms with E-state index < -0.39 is 28.5 Å². The summed E-state index contributed by atoms with van der Waals surface area (Å²) in [6.07, 6.45) is 0.750. The van der Waals surface area contributed by atoms with Crippen LogP contribution >= 0.6 is 0 Å². The lowest BCUT2D eigenvalue weighted by Gasteiger charge is -2.32. The predicted molar refractivity (Wildman–Crippen MR) is 156 cm³/mol. The lowest BCUT2D eigenvalue weighted by Crippen LogP contribution is -2.52. The van der Waals surface area contributed by atoms with Crippen LogP contribution in [-0.4, -0.2) is 43.8 Å². The SMILES string of the molecule is CC[C@@H](C)NC(=O)[C@@H](C)N(Cc1ccc(C)cc1)C(=O)CN(c1ccc(C)c(C)c1)S(=O)(=O)c1ccccc1. The van der Waals surface area contributed by atoms with Gasteiger partial charge in [0.2, 0.25) is 11.8 Å². The molecule has 208 valence electrons. The van der Waals surface area contributed by atoms with Crippen LogP contribution in [-0.2, 0) is 26.2 Å². The van der Waals surface area contributed by atoms with Gasteiger partial charge in [0, 0.05) is 12.6 Å². The second-order valence-corrected chi connectivity index (χ2v) is 12.0. The fraction of sp³-hybridized carbons (Fsp3) is 0.355. The minimum Gasteiger partial charge on any atom is -0.352 e. The minimum atomic E-state index is -4.07. The molecule has 0 aliphatic carbocycles. The van der Waals surface area contributed by atoms with Crippen molar-refractivity contribution in [3.8, 4) is 0 Å². The average Bonchev–Trinajstić information content (AvgIpc) is 2.92. The van der Waals surface area contributed by atoms with E-state index in [4.69, 9.17) is 0 Å². The van der Waals surface area contributed by atoms with Crippen LogP contribution in [0.5, 0.6) is 0 Å². The first-order valence-electron chi connectivity index (χ1n) is 13.2. The number of rotatable bonds is 11. The Morgan fingerprint density at radius 1 is 0.872 bits per heavy atom. The topological polar surface area (TPSA) is 86.8 Å². The van der Waals surface area contributed by atoms with Gasteiger partial charge < -0.3 is 10.2 Å². The van der Waals surface area contributed by atoms with E-state index in [1.54, 1.807) is 37.3 Å². The molecule has 0 spiro atoms. The molecule has 0 aromatic heterocycles. The van der Waals surface area contributed by atoms with Gasteiger partial charge in [-0.05, 0) is 82.0 Å². The van der Waals surface area contributed by atoms with Gasteiger partial charge in [-0.25, -0.2) is 8.42 Å². The summed E-state index contributed by atoms with van der Waals surface area (Å²) in [6, 6.07) is 20.2. The molecule has 7 nitrogen and oxygen atoms in total. The average molecular weight is 550 g/mol. The highest BCUT2D eigenvalue weighted by molar-refractivity contribution is 7.92. The van der Waals surface area contributed by atoms with Crippen molar-refractivity contribution < 1.29 is 18.0 Å². The summed E-state index contributed by atoms with van der Waals surface area (Å²) in [5.41, 5.74) is 4.24. The number of anilines is 1. The second kappa shape index (κ2) is 12.9. The molecule has 0 aliphatic rings. The zero-order valence-corrected chi connectivity index (χ0v) is 24.5. The molecule has 2 amide bonds. The molecular weight excluding hydrogens is 510 g/mol. The van der Waals surface area contributed by atoms with E-state index in [1.165, 1.54) is 17.0 Å². The summed E-state index contributed by atoms with van der Waals surface area (Å²) in [5.74, 6) is -0.756. The highest BCUT2D eigenvalue weighted by Crippen LogP contribution is 2.26. The van der Waals surface area contributed by atoms with Gasteiger partial charge in [0.25, 0.3) is 10.0 Å². The van der Waals surface area contributed by atoms with Crippen LogP contribution in [0.1, 0.15) is 49.4 Å². The predicted octanol–water partition coefficient (Wildman–Crippen LogP) is 5.14. The van der Waals surface area contributed by atoms with Crippen molar-refractivity contribution in [1.82, 2.24) is 10.2 Å². The Labute approximate surface area is 232 Å². The maximum atomic E-state index is 14.0. The van der Waals surface area contributed by atoms with Crippen LogP contribution in [0.2, 0.25) is 0 Å². The van der Waals surface area contributed by atoms with Crippen molar-refractivity contribution in [1.29, 1.82) is 0 Å². The molecule has 0 radical (unpaired) electrons. The Morgan fingerprint density at radius 3 is 2.10 bits per heavy atom. The van der Waals surface area contributed by atoms with Gasteiger partial charge >= 0.3 is 0 Å². The van der Waals surface area contributed by atoms with Crippen LogP contribution < -0.4 is 9.62 Å². The second-order valence-electron chi connectivity index (χ2n) is 10.1. The third-order valence-corrected chi connectivity index (χ3v) is 8.82. The van der Waals surface area contributed by atoms with Crippen LogP contribution in [0.25, 0.3) is 0 Å². The normalized spacial score (nSPS) is 12.9. The Balaban J connectivity index is 2.03. The quantitative estimate of drug-likeness (QED) is 0.359. The zero-order chi connectivity index (χ0) is 28.7. The molecular formula is C31H39N3O4S. The van der Waals surface area contributed by atoms with Gasteiger partial charge in [-0.1, -0.05) is 61.0 Å². The van der Waals surface area contributed by atoms with Gasteiger partial charge in [-0.2, -0.15) is 0 Å². The van der Waals surface area contributed by atoms with Crippen molar-refractivity contribution in [2.45, 2.75) is 71.5 Å². The maximum absolute atomic E-state index is 14.0. The van der Waals surface area contributed by atoms with Crippen molar-refractivity contribution in [2.75, 3.05) is 10.8 Å². The first kappa shape index (κ1) is 29.9. The number of amides is 2. The van der Waals surface area contributed by atoms with Crippen molar-refractivity contribution in [3.05, 3.63) is 95.1 Å². The van der Waals surface area contributed by atoms with Crippen molar-refractivity contribution in [3.63, 3.8) is 0 Å². The van der Waals surface area contributed by atoms with E-state index >= 15 is 0 Å². The molecule has 3 aromatic rings. The number of hydrogen-bond acceptors (Lipinski definition) is 4. The minimum absolute atomic E-state index is 0.0539. The molecule has 8 heteroatoms. The number of hydrogen-bond donors (Lipinski definition) is 1. The largest absolute Gasteiger partial charge is 0.352 e. The molecule has 2 atom stereocenters. The maximum Gasteiger partial charge on any atom is 0.264 e. The summed E-state index contributed by atoms with van der Waals surface area (Å²) >= 11 is 0. The fourth-order valence-electron chi connectivity index (χ4n) is 4.07. The number of nitrogens with zero attached hydrogens (tertiary/aromatic N) is 2. The summed E-state index contributed by atoms with van der Waals surface area (Å²) < 4.78 is 28.8. The molecule has 39 heavy (non-hydrogen) atoms. The molecule has 1 N–H and O–H groups in total. The zero-order valence-electron chi connectivity index (χ0n) is 23.6. The van der Waals surface area contributed by atoms with E-state index in [-0.39, 0.29) is 23.4 Å². The third kappa shape index (κ3) is 7.47. The number of aryl methyl sites for hydroxylation is 3. The van der Waals surface area contributed by atoms with E-state index in [2.05, 4.69) is 5.32 Å². The molecule has 0 bridgehead atoms. The number of benzene rings is 3. The van der Waals surface area contributed by atoms with Crippen LogP contribution in [0.3, 0.4) is 0 Å². The Kier molecular flexibility index (Phi) is 9.92. The molecule has 0 heterocycles. The number of sulfonamides is 1. The highest BCUT2D eigenvalue weighted by atomic mass is 32.2. The third-order valence-electron chi connectivity index (χ3n) is 7.03. The molecule has 3 aromatic carbocycles. The van der Waals surface area contributed by atoms with Crippen molar-refractivity contribution >= 4 is 27.5 Å².